The van der Waals surface area contributed by atoms with E-state index < -0.39 is 59.4 Å². The predicted molar refractivity (Wildman–Crippen MR) is 199 cm³/mol. The van der Waals surface area contributed by atoms with Crippen molar-refractivity contribution in [1.82, 2.24) is 16.0 Å². The van der Waals surface area contributed by atoms with Gasteiger partial charge in [0.05, 0.1) is 19.1 Å². The molecule has 1 aromatic heterocycles. The third-order valence-electron chi connectivity index (χ3n) is 8.93. The van der Waals surface area contributed by atoms with Crippen molar-refractivity contribution in [2.24, 2.45) is 5.92 Å². The smallest absolute Gasteiger partial charge is 0.307 e. The molecule has 276 valence electrons. The maximum atomic E-state index is 14.2. The van der Waals surface area contributed by atoms with Crippen molar-refractivity contribution in [1.29, 1.82) is 0 Å². The lowest BCUT2D eigenvalue weighted by molar-refractivity contribution is -0.144. The molecule has 12 nitrogen and oxygen atoms in total. The van der Waals surface area contributed by atoms with Crippen LogP contribution < -0.4 is 26.0 Å². The lowest BCUT2D eigenvalue weighted by Crippen LogP contribution is -2.57. The molecule has 0 saturated carbocycles. The fraction of sp³-hybridized carbons (Fsp3) is 0.300. The van der Waals surface area contributed by atoms with E-state index in [0.717, 1.165) is 10.4 Å². The Kier molecular flexibility index (Phi) is 13.5. The molecule has 0 saturated heterocycles. The second kappa shape index (κ2) is 18.6. The van der Waals surface area contributed by atoms with Crippen LogP contribution in [0.5, 0.6) is 5.75 Å². The molecule has 2 aliphatic rings. The quantitative estimate of drug-likeness (QED) is 0.169. The highest BCUT2D eigenvalue weighted by atomic mass is 32.1. The standard InChI is InChI=1S/C40H42N4O8S/c1-52-30-10-5-9-27(20-30)22-33-38(48)43-32(21-25-7-3-2-4-8-25)35(45)23-28(40(50)51)19-26-12-14-29(15-13-26)41-36(46)16-17-37(47)42-34(39(49)44-33)24-31-11-6-18-53-31/h2-15,18,20,28,32-34H,16-17,19,21-24H2,1H3,(H,41,46)(H,42,47)(H,43,48)(H,44,49)(H,50,51)/t28-,32-,33+,34-/m1/s1. The average Bonchev–Trinajstić information content (AvgIpc) is 3.67. The lowest BCUT2D eigenvalue weighted by Gasteiger charge is -2.26. The molecule has 0 aliphatic carbocycles. The number of nitrogens with one attached hydrogen (secondary N) is 4. The van der Waals surface area contributed by atoms with Gasteiger partial charge in [-0.1, -0.05) is 60.7 Å². The van der Waals surface area contributed by atoms with Crippen LogP contribution in [0.25, 0.3) is 0 Å². The molecule has 13 heteroatoms. The number of aliphatic carboxylic acids is 1. The molecule has 53 heavy (non-hydrogen) atoms. The minimum atomic E-state index is -1.21. The van der Waals surface area contributed by atoms with Gasteiger partial charge >= 0.3 is 5.97 Å². The van der Waals surface area contributed by atoms with Crippen LogP contribution in [0.2, 0.25) is 0 Å². The number of hydrogen-bond acceptors (Lipinski definition) is 8. The van der Waals surface area contributed by atoms with Crippen molar-refractivity contribution >= 4 is 52.4 Å². The molecule has 0 radical (unpaired) electrons. The number of carbonyl (C=O) groups is 6. The Labute approximate surface area is 311 Å². The summed E-state index contributed by atoms with van der Waals surface area (Å²) in [5, 5.41) is 23.1. The molecule has 5 N–H and O–H groups in total. The van der Waals surface area contributed by atoms with Gasteiger partial charge in [0.25, 0.3) is 0 Å². The molecule has 0 unspecified atom stereocenters. The number of ketones is 1. The lowest BCUT2D eigenvalue weighted by atomic mass is 9.90. The summed E-state index contributed by atoms with van der Waals surface area (Å²) in [5.74, 6) is -4.48. The van der Waals surface area contributed by atoms with E-state index in [0.29, 0.717) is 22.6 Å². The highest BCUT2D eigenvalue weighted by molar-refractivity contribution is 7.09. The van der Waals surface area contributed by atoms with Crippen LogP contribution in [0.1, 0.15) is 40.8 Å². The van der Waals surface area contributed by atoms with Gasteiger partial charge in [0.2, 0.25) is 23.6 Å². The largest absolute Gasteiger partial charge is 0.497 e. The van der Waals surface area contributed by atoms with Gasteiger partial charge < -0.3 is 31.1 Å². The molecule has 3 aromatic carbocycles. The maximum absolute atomic E-state index is 14.2. The van der Waals surface area contributed by atoms with Crippen molar-refractivity contribution in [3.63, 3.8) is 0 Å². The molecule has 4 aromatic rings. The molecule has 0 spiro atoms. The van der Waals surface area contributed by atoms with Crippen LogP contribution in [0.3, 0.4) is 0 Å². The van der Waals surface area contributed by atoms with Gasteiger partial charge in [-0.3, -0.25) is 28.8 Å². The summed E-state index contributed by atoms with van der Waals surface area (Å²) in [4.78, 5) is 81.4. The number of thiophene rings is 1. The summed E-state index contributed by atoms with van der Waals surface area (Å²) in [6, 6.07) is 22.8. The summed E-state index contributed by atoms with van der Waals surface area (Å²) in [6.07, 6.45) is -0.470. The number of methoxy groups -OCH3 is 1. The number of ether oxygens (including phenoxy) is 1. The van der Waals surface area contributed by atoms with Crippen LogP contribution in [0, 0.1) is 5.92 Å². The Morgan fingerprint density at radius 1 is 0.717 bits per heavy atom. The van der Waals surface area contributed by atoms with Crippen LogP contribution in [0.4, 0.5) is 5.69 Å². The number of fused-ring (bicyclic) bond motifs is 18. The van der Waals surface area contributed by atoms with Gasteiger partial charge in [0.1, 0.15) is 17.8 Å². The van der Waals surface area contributed by atoms with E-state index in [1.165, 1.54) is 18.4 Å². The minimum absolute atomic E-state index is 0.00837. The average molecular weight is 739 g/mol. The number of anilines is 1. The van der Waals surface area contributed by atoms with Gasteiger partial charge in [-0.05, 0) is 65.2 Å². The first kappa shape index (κ1) is 38.4. The topological polar surface area (TPSA) is 180 Å². The molecule has 3 heterocycles. The van der Waals surface area contributed by atoms with Gasteiger partial charge in [0.15, 0.2) is 5.78 Å². The third kappa shape index (κ3) is 11.6. The summed E-state index contributed by atoms with van der Waals surface area (Å²) in [5.41, 5.74) is 2.49. The fourth-order valence-corrected chi connectivity index (χ4v) is 6.83. The highest BCUT2D eigenvalue weighted by Crippen LogP contribution is 2.20. The van der Waals surface area contributed by atoms with Crippen molar-refractivity contribution in [2.75, 3.05) is 12.4 Å². The number of carboxylic acid groups (broad SMARTS) is 1. The molecule has 6 rings (SSSR count). The van der Waals surface area contributed by atoms with E-state index in [1.54, 1.807) is 72.8 Å². The Morgan fingerprint density at radius 2 is 1.38 bits per heavy atom. The summed E-state index contributed by atoms with van der Waals surface area (Å²) in [7, 11) is 1.51. The monoisotopic (exact) mass is 738 g/mol. The molecule has 4 atom stereocenters. The molecular formula is C40H42N4O8S. The zero-order chi connectivity index (χ0) is 37.7. The van der Waals surface area contributed by atoms with Gasteiger partial charge in [0, 0.05) is 42.7 Å². The highest BCUT2D eigenvalue weighted by Gasteiger charge is 2.32. The van der Waals surface area contributed by atoms with Crippen molar-refractivity contribution < 1.29 is 38.6 Å². The summed E-state index contributed by atoms with van der Waals surface area (Å²) in [6.45, 7) is 0. The zero-order valence-corrected chi connectivity index (χ0v) is 30.0. The van der Waals surface area contributed by atoms with Crippen molar-refractivity contribution in [3.05, 3.63) is 118 Å². The molecule has 0 fully saturated rings. The first-order valence-electron chi connectivity index (χ1n) is 17.3. The Hall–Kier alpha value is -5.82. The van der Waals surface area contributed by atoms with Crippen LogP contribution in [-0.4, -0.2) is 65.7 Å². The van der Waals surface area contributed by atoms with E-state index in [-0.39, 0.29) is 44.9 Å². The predicted octanol–water partition coefficient (Wildman–Crippen LogP) is 3.87. The van der Waals surface area contributed by atoms with Crippen LogP contribution in [0.15, 0.2) is 96.4 Å². The number of benzene rings is 3. The second-order valence-electron chi connectivity index (χ2n) is 12.9. The third-order valence-corrected chi connectivity index (χ3v) is 9.83. The molecule has 2 aliphatic heterocycles. The normalized spacial score (nSPS) is 20.7. The molecule has 4 amide bonds. The van der Waals surface area contributed by atoms with Crippen LogP contribution >= 0.6 is 11.3 Å². The SMILES string of the molecule is COc1cccc(C[C@@H]2NC(=O)[C@@H](Cc3cccs3)NC(=O)CCC(=O)Nc3ccc(cc3)C[C@@H](C(=O)O)CC(=O)[C@@H](Cc3ccccc3)NC2=O)c1. The maximum Gasteiger partial charge on any atom is 0.307 e. The Balaban J connectivity index is 1.51. The van der Waals surface area contributed by atoms with Crippen LogP contribution in [-0.2, 0) is 54.5 Å². The Morgan fingerprint density at radius 3 is 2.06 bits per heavy atom. The number of carbonyl (C=O) groups excluding carboxylic acids is 5. The number of carboxylic acids is 1. The van der Waals surface area contributed by atoms with Gasteiger partial charge in [-0.2, -0.15) is 0 Å². The number of amides is 4. The summed E-state index contributed by atoms with van der Waals surface area (Å²) >= 11 is 1.40. The molecular weight excluding hydrogens is 697 g/mol. The van der Waals surface area contributed by atoms with E-state index in [2.05, 4.69) is 21.3 Å². The first-order valence-corrected chi connectivity index (χ1v) is 18.2. The van der Waals surface area contributed by atoms with E-state index in [9.17, 15) is 33.9 Å². The number of hydrogen-bond donors (Lipinski definition) is 5. The van der Waals surface area contributed by atoms with Crippen molar-refractivity contribution in [2.45, 2.75) is 63.1 Å². The van der Waals surface area contributed by atoms with Crippen molar-refractivity contribution in [3.8, 4) is 5.75 Å². The van der Waals surface area contributed by atoms with E-state index in [1.807, 2.05) is 23.6 Å². The second-order valence-corrected chi connectivity index (χ2v) is 14.0. The Bertz CT molecular complexity index is 1900. The van der Waals surface area contributed by atoms with Gasteiger partial charge in [-0.15, -0.1) is 11.3 Å². The minimum Gasteiger partial charge on any atom is -0.497 e. The first-order chi connectivity index (χ1) is 25.6. The number of Topliss-reactive ketones (excluding diaryl/α,β-unsaturated/α-hetero) is 1. The fourth-order valence-electron chi connectivity index (χ4n) is 6.08. The summed E-state index contributed by atoms with van der Waals surface area (Å²) < 4.78 is 5.37. The zero-order valence-electron chi connectivity index (χ0n) is 29.2. The van der Waals surface area contributed by atoms with E-state index in [4.69, 9.17) is 4.74 Å². The van der Waals surface area contributed by atoms with E-state index >= 15 is 0 Å². The molecule has 2 bridgehead atoms. The number of rotatable bonds is 8. The van der Waals surface area contributed by atoms with Gasteiger partial charge in [-0.25, -0.2) is 0 Å².